The molecule has 2 rings (SSSR count). The third-order valence-electron chi connectivity index (χ3n) is 3.89. The van der Waals surface area contributed by atoms with Gasteiger partial charge < -0.3 is 15.0 Å². The second kappa shape index (κ2) is 8.62. The number of ether oxygens (including phenoxy) is 1. The summed E-state index contributed by atoms with van der Waals surface area (Å²) in [5.74, 6) is 0.530. The van der Waals surface area contributed by atoms with Crippen LogP contribution < -0.4 is 10.1 Å². The third kappa shape index (κ3) is 6.19. The number of anilines is 1. The molecule has 5 heteroatoms. The molecule has 0 aliphatic carbocycles. The molecule has 0 aliphatic rings. The molecule has 1 N–H and O–H groups in total. The lowest BCUT2D eigenvalue weighted by Crippen LogP contribution is -2.32. The van der Waals surface area contributed by atoms with Crippen molar-refractivity contribution in [3.63, 3.8) is 0 Å². The number of carbonyl (C=O) groups is 1. The van der Waals surface area contributed by atoms with E-state index < -0.39 is 5.41 Å². The summed E-state index contributed by atoms with van der Waals surface area (Å²) < 4.78 is 5.56. The molecule has 1 amide bonds. The molecule has 0 radical (unpaired) electrons. The maximum atomic E-state index is 12.6. The van der Waals surface area contributed by atoms with Gasteiger partial charge in [0.2, 0.25) is 11.8 Å². The highest BCUT2D eigenvalue weighted by atomic mass is 16.5. The summed E-state index contributed by atoms with van der Waals surface area (Å²) in [6, 6.07) is 13.6. The first-order valence-corrected chi connectivity index (χ1v) is 8.46. The first kappa shape index (κ1) is 18.9. The SMILES string of the molecule is CN(C)CCOc1ccc(NC(=O)C(C)(C)Cc2ccccc2)cn1. The van der Waals surface area contributed by atoms with E-state index in [0.29, 0.717) is 24.6 Å². The number of hydrogen-bond donors (Lipinski definition) is 1. The Hall–Kier alpha value is -2.40. The largest absolute Gasteiger partial charge is 0.476 e. The normalized spacial score (nSPS) is 11.4. The molecule has 25 heavy (non-hydrogen) atoms. The molecule has 5 nitrogen and oxygen atoms in total. The zero-order valence-electron chi connectivity index (χ0n) is 15.5. The quantitative estimate of drug-likeness (QED) is 0.801. The molecule has 0 fully saturated rings. The van der Waals surface area contributed by atoms with Gasteiger partial charge in [-0.15, -0.1) is 0 Å². The number of carbonyl (C=O) groups excluding carboxylic acids is 1. The number of pyridine rings is 1. The van der Waals surface area contributed by atoms with Gasteiger partial charge in [-0.1, -0.05) is 44.2 Å². The lowest BCUT2D eigenvalue weighted by atomic mass is 9.85. The average Bonchev–Trinajstić information content (AvgIpc) is 2.56. The van der Waals surface area contributed by atoms with Gasteiger partial charge >= 0.3 is 0 Å². The number of nitrogens with zero attached hydrogens (tertiary/aromatic N) is 2. The van der Waals surface area contributed by atoms with Crippen molar-refractivity contribution in [1.29, 1.82) is 0 Å². The molecular formula is C20H27N3O2. The van der Waals surface area contributed by atoms with Crippen molar-refractivity contribution in [3.05, 3.63) is 54.2 Å². The summed E-state index contributed by atoms with van der Waals surface area (Å²) in [6.07, 6.45) is 2.31. The number of hydrogen-bond acceptors (Lipinski definition) is 4. The predicted molar refractivity (Wildman–Crippen MR) is 101 cm³/mol. The number of benzene rings is 1. The number of likely N-dealkylation sites (N-methyl/N-ethyl adjacent to an activating group) is 1. The maximum Gasteiger partial charge on any atom is 0.230 e. The Morgan fingerprint density at radius 2 is 1.88 bits per heavy atom. The number of aromatic nitrogens is 1. The van der Waals surface area contributed by atoms with Crippen LogP contribution in [-0.2, 0) is 11.2 Å². The Morgan fingerprint density at radius 3 is 2.48 bits per heavy atom. The second-order valence-corrected chi connectivity index (χ2v) is 7.04. The highest BCUT2D eigenvalue weighted by molar-refractivity contribution is 5.94. The molecule has 0 unspecified atom stereocenters. The van der Waals surface area contributed by atoms with Gasteiger partial charge in [0.25, 0.3) is 0 Å². The van der Waals surface area contributed by atoms with Crippen LogP contribution in [0.5, 0.6) is 5.88 Å². The molecule has 0 atom stereocenters. The van der Waals surface area contributed by atoms with Gasteiger partial charge in [-0.2, -0.15) is 0 Å². The lowest BCUT2D eigenvalue weighted by Gasteiger charge is -2.23. The fourth-order valence-corrected chi connectivity index (χ4v) is 2.36. The molecule has 1 aromatic carbocycles. The first-order chi connectivity index (χ1) is 11.9. The van der Waals surface area contributed by atoms with Gasteiger partial charge in [-0.3, -0.25) is 4.79 Å². The maximum absolute atomic E-state index is 12.6. The minimum atomic E-state index is -0.512. The summed E-state index contributed by atoms with van der Waals surface area (Å²) in [5, 5.41) is 2.94. The van der Waals surface area contributed by atoms with Crippen LogP contribution in [0.4, 0.5) is 5.69 Å². The van der Waals surface area contributed by atoms with Crippen molar-refractivity contribution in [1.82, 2.24) is 9.88 Å². The van der Waals surface area contributed by atoms with Crippen molar-refractivity contribution in [3.8, 4) is 5.88 Å². The van der Waals surface area contributed by atoms with E-state index in [1.165, 1.54) is 0 Å². The summed E-state index contributed by atoms with van der Waals surface area (Å²) in [7, 11) is 3.99. The Kier molecular flexibility index (Phi) is 6.53. The van der Waals surface area contributed by atoms with E-state index in [1.807, 2.05) is 69.2 Å². The van der Waals surface area contributed by atoms with E-state index in [4.69, 9.17) is 4.74 Å². The fraction of sp³-hybridized carbons (Fsp3) is 0.400. The van der Waals surface area contributed by atoms with Crippen molar-refractivity contribution >= 4 is 11.6 Å². The topological polar surface area (TPSA) is 54.5 Å². The van der Waals surface area contributed by atoms with Gasteiger partial charge in [0.05, 0.1) is 11.9 Å². The molecule has 0 saturated heterocycles. The minimum Gasteiger partial charge on any atom is -0.476 e. The first-order valence-electron chi connectivity index (χ1n) is 8.46. The summed E-state index contributed by atoms with van der Waals surface area (Å²) >= 11 is 0. The number of rotatable bonds is 8. The van der Waals surface area contributed by atoms with E-state index in [-0.39, 0.29) is 5.91 Å². The Labute approximate surface area is 150 Å². The van der Waals surface area contributed by atoms with E-state index in [1.54, 1.807) is 12.3 Å². The molecule has 0 bridgehead atoms. The average molecular weight is 341 g/mol. The van der Waals surface area contributed by atoms with Crippen LogP contribution in [0.15, 0.2) is 48.7 Å². The van der Waals surface area contributed by atoms with Crippen LogP contribution in [0, 0.1) is 5.41 Å². The van der Waals surface area contributed by atoms with Gasteiger partial charge in [-0.25, -0.2) is 4.98 Å². The zero-order valence-corrected chi connectivity index (χ0v) is 15.5. The molecular weight excluding hydrogens is 314 g/mol. The number of nitrogens with one attached hydrogen (secondary N) is 1. The molecule has 0 saturated carbocycles. The summed E-state index contributed by atoms with van der Waals surface area (Å²) in [6.45, 7) is 5.30. The van der Waals surface area contributed by atoms with E-state index in [0.717, 1.165) is 12.1 Å². The molecule has 2 aromatic rings. The summed E-state index contributed by atoms with van der Waals surface area (Å²) in [5.41, 5.74) is 1.30. The van der Waals surface area contributed by atoms with Crippen LogP contribution in [-0.4, -0.2) is 43.0 Å². The smallest absolute Gasteiger partial charge is 0.230 e. The van der Waals surface area contributed by atoms with Crippen molar-refractivity contribution in [2.24, 2.45) is 5.41 Å². The molecule has 134 valence electrons. The number of amides is 1. The van der Waals surface area contributed by atoms with Gasteiger partial charge in [0.15, 0.2) is 0 Å². The van der Waals surface area contributed by atoms with Gasteiger partial charge in [0, 0.05) is 18.0 Å². The van der Waals surface area contributed by atoms with Crippen molar-refractivity contribution in [2.75, 3.05) is 32.6 Å². The van der Waals surface area contributed by atoms with E-state index in [2.05, 4.69) is 10.3 Å². The Balaban J connectivity index is 1.90. The van der Waals surface area contributed by atoms with Crippen LogP contribution in [0.1, 0.15) is 19.4 Å². The molecule has 0 spiro atoms. The van der Waals surface area contributed by atoms with Crippen molar-refractivity contribution < 1.29 is 9.53 Å². The van der Waals surface area contributed by atoms with Crippen LogP contribution in [0.2, 0.25) is 0 Å². The van der Waals surface area contributed by atoms with E-state index >= 15 is 0 Å². The van der Waals surface area contributed by atoms with E-state index in [9.17, 15) is 4.79 Å². The van der Waals surface area contributed by atoms with Gasteiger partial charge in [0.1, 0.15) is 6.61 Å². The van der Waals surface area contributed by atoms with Crippen LogP contribution in [0.25, 0.3) is 0 Å². The highest BCUT2D eigenvalue weighted by Crippen LogP contribution is 2.24. The standard InChI is InChI=1S/C20H27N3O2/c1-20(2,14-16-8-6-5-7-9-16)19(24)22-17-10-11-18(21-15-17)25-13-12-23(3)4/h5-11,15H,12-14H2,1-4H3,(H,22,24). The molecule has 0 aliphatic heterocycles. The highest BCUT2D eigenvalue weighted by Gasteiger charge is 2.28. The predicted octanol–water partition coefficient (Wildman–Crippen LogP) is 3.23. The minimum absolute atomic E-state index is 0.0283. The van der Waals surface area contributed by atoms with Crippen molar-refractivity contribution in [2.45, 2.75) is 20.3 Å². The molecule has 1 aromatic heterocycles. The van der Waals surface area contributed by atoms with Crippen LogP contribution in [0.3, 0.4) is 0 Å². The second-order valence-electron chi connectivity index (χ2n) is 7.04. The fourth-order valence-electron chi connectivity index (χ4n) is 2.36. The Bertz CT molecular complexity index is 667. The van der Waals surface area contributed by atoms with Crippen LogP contribution >= 0.6 is 0 Å². The molecule has 1 heterocycles. The van der Waals surface area contributed by atoms with Gasteiger partial charge in [-0.05, 0) is 32.1 Å². The Morgan fingerprint density at radius 1 is 1.16 bits per heavy atom. The third-order valence-corrected chi connectivity index (χ3v) is 3.89. The zero-order chi connectivity index (χ0) is 18.3. The monoisotopic (exact) mass is 341 g/mol. The summed E-state index contributed by atoms with van der Waals surface area (Å²) in [4.78, 5) is 18.9. The lowest BCUT2D eigenvalue weighted by molar-refractivity contribution is -0.123.